The Hall–Kier alpha value is -6.01. The number of hydrogen-bond donors (Lipinski definition) is 1. The van der Waals surface area contributed by atoms with Crippen LogP contribution in [0, 0.1) is 0 Å². The van der Waals surface area contributed by atoms with Crippen molar-refractivity contribution < 1.29 is 57.5 Å². The smallest absolute Gasteiger partial charge is 0.357 e. The summed E-state index contributed by atoms with van der Waals surface area (Å²) in [6, 6.07) is 14.9. The second kappa shape index (κ2) is 17.8. The molecule has 3 heterocycles. The molecule has 2 aromatic carbocycles. The van der Waals surface area contributed by atoms with E-state index in [0.717, 1.165) is 55.8 Å². The topological polar surface area (TPSA) is 222 Å². The SMILES string of the molecule is CCCc1nc(C(C)(C)O)c(C(=O)OCC)n1Cc1ccc(-c2ccccc2-c2nnn([C@@H]3O[C@H](C(=O)OC)[C@@H](OC(C)=O)[C@H](OC(C)=O)[C@H]3OC(C)=O)n2)cc1. The second-order valence-electron chi connectivity index (χ2n) is 13.7. The lowest BCUT2D eigenvalue weighted by Crippen LogP contribution is -2.61. The van der Waals surface area contributed by atoms with Crippen molar-refractivity contribution in [1.29, 1.82) is 0 Å². The molecule has 1 fully saturated rings. The molecule has 0 aliphatic carbocycles. The van der Waals surface area contributed by atoms with E-state index in [4.69, 9.17) is 28.4 Å². The number of benzene rings is 2. The van der Waals surface area contributed by atoms with E-state index < -0.39 is 66.1 Å². The number of aryl methyl sites for hydroxylation is 1. The highest BCUT2D eigenvalue weighted by Gasteiger charge is 2.56. The zero-order chi connectivity index (χ0) is 41.6. The third-order valence-electron chi connectivity index (χ3n) is 8.85. The van der Waals surface area contributed by atoms with Gasteiger partial charge in [-0.3, -0.25) is 14.4 Å². The van der Waals surface area contributed by atoms with Crippen molar-refractivity contribution in [3.63, 3.8) is 0 Å². The summed E-state index contributed by atoms with van der Waals surface area (Å²) < 4.78 is 34.4. The lowest BCUT2D eigenvalue weighted by molar-refractivity contribution is -0.267. The van der Waals surface area contributed by atoms with Crippen molar-refractivity contribution in [2.75, 3.05) is 13.7 Å². The number of tetrazole rings is 1. The number of esters is 5. The molecular weight excluding hydrogens is 744 g/mol. The highest BCUT2D eigenvalue weighted by molar-refractivity contribution is 5.89. The van der Waals surface area contributed by atoms with Crippen LogP contribution in [0.2, 0.25) is 0 Å². The Labute approximate surface area is 328 Å². The monoisotopic (exact) mass is 790 g/mol. The number of nitrogens with zero attached hydrogens (tertiary/aromatic N) is 6. The molecule has 0 spiro atoms. The lowest BCUT2D eigenvalue weighted by atomic mass is 9.97. The van der Waals surface area contributed by atoms with Gasteiger partial charge in [0.05, 0.1) is 13.7 Å². The maximum absolute atomic E-state index is 13.2. The van der Waals surface area contributed by atoms with E-state index in [1.54, 1.807) is 37.5 Å². The van der Waals surface area contributed by atoms with Crippen LogP contribution in [0.4, 0.5) is 0 Å². The molecule has 57 heavy (non-hydrogen) atoms. The van der Waals surface area contributed by atoms with Crippen molar-refractivity contribution in [2.45, 2.75) is 104 Å². The second-order valence-corrected chi connectivity index (χ2v) is 13.7. The number of carbonyl (C=O) groups is 5. The first-order chi connectivity index (χ1) is 27.1. The molecule has 0 amide bonds. The summed E-state index contributed by atoms with van der Waals surface area (Å²) >= 11 is 0. The standard InChI is InChI=1S/C39H46N6O12/c1-9-13-28-40-34(39(6,7)51)29(37(49)53-10-2)44(28)20-24-16-18-25(19-17-24)26-14-11-12-15-27(26)35-41-43-45(42-35)36-32(56-23(5)48)30(54-21(3)46)31(55-22(4)47)33(57-36)38(50)52-8/h11-12,14-19,30-33,36,51H,9-10,13,20H2,1-8H3/t30-,31-,32+,33-,36+/m0/s1. The summed E-state index contributed by atoms with van der Waals surface area (Å²) in [7, 11) is 1.09. The summed E-state index contributed by atoms with van der Waals surface area (Å²) in [5.41, 5.74) is 1.97. The number of rotatable bonds is 14. The number of carbonyl (C=O) groups excluding carboxylic acids is 5. The summed E-state index contributed by atoms with van der Waals surface area (Å²) in [4.78, 5) is 68.4. The zero-order valence-corrected chi connectivity index (χ0v) is 33.0. The Bertz CT molecular complexity index is 2100. The van der Waals surface area contributed by atoms with Gasteiger partial charge >= 0.3 is 29.8 Å². The van der Waals surface area contributed by atoms with E-state index in [2.05, 4.69) is 20.4 Å². The fourth-order valence-electron chi connectivity index (χ4n) is 6.54. The minimum absolute atomic E-state index is 0.126. The number of aliphatic hydroxyl groups is 1. The van der Waals surface area contributed by atoms with Crippen LogP contribution in [0.5, 0.6) is 0 Å². The van der Waals surface area contributed by atoms with Crippen LogP contribution in [0.1, 0.15) is 88.7 Å². The highest BCUT2D eigenvalue weighted by atomic mass is 16.7. The van der Waals surface area contributed by atoms with Gasteiger partial charge in [0.25, 0.3) is 0 Å². The van der Waals surface area contributed by atoms with Gasteiger partial charge in [-0.15, -0.1) is 15.0 Å². The Morgan fingerprint density at radius 1 is 0.860 bits per heavy atom. The van der Waals surface area contributed by atoms with Gasteiger partial charge < -0.3 is 38.1 Å². The Morgan fingerprint density at radius 3 is 2.05 bits per heavy atom. The minimum atomic E-state index is -1.64. The number of imidazole rings is 1. The summed E-state index contributed by atoms with van der Waals surface area (Å²) in [5, 5.41) is 23.9. The van der Waals surface area contributed by atoms with Crippen molar-refractivity contribution in [1.82, 2.24) is 29.8 Å². The van der Waals surface area contributed by atoms with E-state index in [1.165, 1.54) is 0 Å². The van der Waals surface area contributed by atoms with Crippen LogP contribution in [0.15, 0.2) is 48.5 Å². The lowest BCUT2D eigenvalue weighted by Gasteiger charge is -2.42. The van der Waals surface area contributed by atoms with Crippen molar-refractivity contribution in [3.05, 3.63) is 71.3 Å². The predicted octanol–water partition coefficient (Wildman–Crippen LogP) is 3.47. The molecule has 18 heteroatoms. The number of hydrogen-bond acceptors (Lipinski definition) is 16. The molecule has 1 aliphatic heterocycles. The zero-order valence-electron chi connectivity index (χ0n) is 33.0. The van der Waals surface area contributed by atoms with Crippen LogP contribution < -0.4 is 0 Å². The molecule has 5 atom stereocenters. The van der Waals surface area contributed by atoms with Crippen molar-refractivity contribution in [2.24, 2.45) is 0 Å². The van der Waals surface area contributed by atoms with Gasteiger partial charge in [0.2, 0.25) is 12.1 Å². The van der Waals surface area contributed by atoms with Crippen LogP contribution in [0.3, 0.4) is 0 Å². The average Bonchev–Trinajstić information content (AvgIpc) is 3.78. The minimum Gasteiger partial charge on any atom is -0.467 e. The Kier molecular flexibility index (Phi) is 13.2. The summed E-state index contributed by atoms with van der Waals surface area (Å²) in [6.07, 6.45) is -6.39. The predicted molar refractivity (Wildman–Crippen MR) is 198 cm³/mol. The number of ether oxygens (including phenoxy) is 6. The average molecular weight is 791 g/mol. The molecule has 1 N–H and O–H groups in total. The summed E-state index contributed by atoms with van der Waals surface area (Å²) in [6.45, 7) is 10.6. The van der Waals surface area contributed by atoms with Gasteiger partial charge in [-0.05, 0) is 49.1 Å². The Balaban J connectivity index is 1.50. The molecule has 1 aliphatic rings. The van der Waals surface area contributed by atoms with Gasteiger partial charge in [-0.2, -0.15) is 0 Å². The molecule has 2 aromatic heterocycles. The van der Waals surface area contributed by atoms with Crippen molar-refractivity contribution >= 4 is 29.8 Å². The van der Waals surface area contributed by atoms with Crippen molar-refractivity contribution in [3.8, 4) is 22.5 Å². The highest BCUT2D eigenvalue weighted by Crippen LogP contribution is 2.36. The van der Waals surface area contributed by atoms with Gasteiger partial charge in [0, 0.05) is 39.3 Å². The van der Waals surface area contributed by atoms with Crippen LogP contribution >= 0.6 is 0 Å². The van der Waals surface area contributed by atoms with E-state index in [1.807, 2.05) is 43.3 Å². The van der Waals surface area contributed by atoms with E-state index in [9.17, 15) is 29.1 Å². The third kappa shape index (κ3) is 9.52. The first kappa shape index (κ1) is 42.1. The van der Waals surface area contributed by atoms with E-state index >= 15 is 0 Å². The largest absolute Gasteiger partial charge is 0.467 e. The normalized spacial score (nSPS) is 19.4. The number of methoxy groups -OCH3 is 1. The van der Waals surface area contributed by atoms with E-state index in [0.29, 0.717) is 17.8 Å². The molecule has 0 saturated carbocycles. The van der Waals surface area contributed by atoms with Crippen LogP contribution in [0.25, 0.3) is 22.5 Å². The number of aromatic nitrogens is 6. The fourth-order valence-corrected chi connectivity index (χ4v) is 6.54. The van der Waals surface area contributed by atoms with Gasteiger partial charge in [-0.25, -0.2) is 14.6 Å². The maximum Gasteiger partial charge on any atom is 0.357 e. The molecular formula is C39H46N6O12. The molecule has 0 bridgehead atoms. The maximum atomic E-state index is 13.2. The first-order valence-corrected chi connectivity index (χ1v) is 18.3. The molecule has 4 aromatic rings. The van der Waals surface area contributed by atoms with Crippen LogP contribution in [-0.4, -0.2) is 103 Å². The third-order valence-corrected chi connectivity index (χ3v) is 8.85. The van der Waals surface area contributed by atoms with E-state index in [-0.39, 0.29) is 30.4 Å². The quantitative estimate of drug-likeness (QED) is 0.143. The summed E-state index contributed by atoms with van der Waals surface area (Å²) in [5.74, 6) is -3.22. The fraction of sp³-hybridized carbons (Fsp3) is 0.462. The Morgan fingerprint density at radius 2 is 1.47 bits per heavy atom. The molecule has 18 nitrogen and oxygen atoms in total. The molecule has 304 valence electrons. The van der Waals surface area contributed by atoms with Gasteiger partial charge in [0.15, 0.2) is 30.1 Å². The van der Waals surface area contributed by atoms with Gasteiger partial charge in [-0.1, -0.05) is 55.5 Å². The molecule has 5 rings (SSSR count). The molecule has 0 radical (unpaired) electrons. The molecule has 0 unspecified atom stereocenters. The molecule has 1 saturated heterocycles. The van der Waals surface area contributed by atoms with Gasteiger partial charge in [0.1, 0.15) is 17.1 Å². The first-order valence-electron chi connectivity index (χ1n) is 18.3. The van der Waals surface area contributed by atoms with Crippen LogP contribution in [-0.2, 0) is 66.2 Å².